The summed E-state index contributed by atoms with van der Waals surface area (Å²) in [4.78, 5) is 5.24. The molecule has 0 unspecified atom stereocenters. The minimum absolute atomic E-state index is 0.0458. The zero-order valence-electron chi connectivity index (χ0n) is 18.3. The molecule has 0 aliphatic rings. The van der Waals surface area contributed by atoms with Gasteiger partial charge in [-0.15, -0.1) is 11.6 Å². The van der Waals surface area contributed by atoms with Crippen LogP contribution in [0.4, 0.5) is 0 Å². The van der Waals surface area contributed by atoms with Gasteiger partial charge in [0.15, 0.2) is 0 Å². The van der Waals surface area contributed by atoms with E-state index in [1.807, 2.05) is 18.2 Å². The lowest BCUT2D eigenvalue weighted by atomic mass is 10.0. The minimum atomic E-state index is 0.0458. The van der Waals surface area contributed by atoms with E-state index in [1.54, 1.807) is 0 Å². The second kappa shape index (κ2) is 9.89. The summed E-state index contributed by atoms with van der Waals surface area (Å²) in [6.45, 7) is 0. The van der Waals surface area contributed by atoms with E-state index in [1.165, 1.54) is 5.56 Å². The Morgan fingerprint density at radius 1 is 0.606 bits per heavy atom. The molecule has 0 bridgehead atoms. The summed E-state index contributed by atoms with van der Waals surface area (Å²) in [5, 5.41) is 0. The molecule has 3 heteroatoms. The number of halogens is 1. The van der Waals surface area contributed by atoms with Gasteiger partial charge in [-0.1, -0.05) is 121 Å². The first kappa shape index (κ1) is 21.2. The minimum Gasteiger partial charge on any atom is -0.319 e. The molecule has 0 aliphatic carbocycles. The second-order valence-corrected chi connectivity index (χ2v) is 8.41. The van der Waals surface area contributed by atoms with Crippen LogP contribution in [-0.2, 0) is 6.42 Å². The number of alkyl halides is 1. The summed E-state index contributed by atoms with van der Waals surface area (Å²) in [6.07, 6.45) is 0.828. The number of rotatable bonds is 7. The molecule has 0 N–H and O–H groups in total. The third kappa shape index (κ3) is 4.48. The monoisotopic (exact) mass is 448 g/mol. The predicted molar refractivity (Wildman–Crippen MR) is 138 cm³/mol. The van der Waals surface area contributed by atoms with Crippen LogP contribution in [0.5, 0.6) is 0 Å². The molecule has 5 aromatic rings. The summed E-state index contributed by atoms with van der Waals surface area (Å²) in [7, 11) is 0. The van der Waals surface area contributed by atoms with Gasteiger partial charge in [-0.3, -0.25) is 0 Å². The van der Waals surface area contributed by atoms with Crippen molar-refractivity contribution < 1.29 is 0 Å². The summed E-state index contributed by atoms with van der Waals surface area (Å²) < 4.78 is 2.35. The topological polar surface area (TPSA) is 17.8 Å². The first-order valence-electron chi connectivity index (χ1n) is 11.2. The van der Waals surface area contributed by atoms with Gasteiger partial charge < -0.3 is 4.57 Å². The molecule has 2 nitrogen and oxygen atoms in total. The van der Waals surface area contributed by atoms with Crippen molar-refractivity contribution in [3.8, 4) is 33.9 Å². The Morgan fingerprint density at radius 3 is 1.64 bits per heavy atom. The van der Waals surface area contributed by atoms with Crippen LogP contribution in [0.25, 0.3) is 33.9 Å². The average molecular weight is 449 g/mol. The van der Waals surface area contributed by atoms with E-state index >= 15 is 0 Å². The van der Waals surface area contributed by atoms with Crippen molar-refractivity contribution in [2.24, 2.45) is 0 Å². The Bertz CT molecular complexity index is 1300. The largest absolute Gasteiger partial charge is 0.319 e. The van der Waals surface area contributed by atoms with Crippen molar-refractivity contribution in [3.63, 3.8) is 0 Å². The fraction of sp³-hybridized carbons (Fsp3) is 0.100. The number of nitrogens with zero attached hydrogens (tertiary/aromatic N) is 2. The van der Waals surface area contributed by atoms with Crippen LogP contribution >= 0.6 is 11.6 Å². The summed E-state index contributed by atoms with van der Waals surface area (Å²) in [5.74, 6) is 1.42. The van der Waals surface area contributed by atoms with E-state index in [9.17, 15) is 0 Å². The van der Waals surface area contributed by atoms with E-state index in [0.717, 1.165) is 40.3 Å². The van der Waals surface area contributed by atoms with Gasteiger partial charge >= 0.3 is 0 Å². The maximum atomic E-state index is 6.68. The Labute approximate surface area is 200 Å². The molecule has 0 radical (unpaired) electrons. The molecule has 0 saturated carbocycles. The van der Waals surface area contributed by atoms with Gasteiger partial charge in [-0.05, 0) is 12.0 Å². The van der Waals surface area contributed by atoms with Gasteiger partial charge in [-0.25, -0.2) is 4.98 Å². The standard InChI is InChI=1S/C30H25ClN2/c31-22-27(21-23-13-5-1-6-14-23)33-29(25-17-9-3-10-18-25)28(24-15-7-2-8-16-24)32-30(33)26-19-11-4-12-20-26/h1-20,27H,21-22H2/t27-/m0/s1. The highest BCUT2D eigenvalue weighted by atomic mass is 35.5. The molecular weight excluding hydrogens is 424 g/mol. The number of aromatic nitrogens is 2. The predicted octanol–water partition coefficient (Wildman–Crippen LogP) is 7.91. The van der Waals surface area contributed by atoms with Gasteiger partial charge in [0.2, 0.25) is 0 Å². The van der Waals surface area contributed by atoms with Crippen LogP contribution in [0, 0.1) is 0 Å². The second-order valence-electron chi connectivity index (χ2n) is 8.10. The third-order valence-corrected chi connectivity index (χ3v) is 6.25. The van der Waals surface area contributed by atoms with E-state index in [0.29, 0.717) is 5.88 Å². The summed E-state index contributed by atoms with van der Waals surface area (Å²) in [6, 6.07) is 41.9. The Hall–Kier alpha value is -3.62. The van der Waals surface area contributed by atoms with Crippen LogP contribution in [0.15, 0.2) is 121 Å². The SMILES string of the molecule is ClC[C@H](Cc1ccccc1)n1c(-c2ccccc2)nc(-c2ccccc2)c1-c1ccccc1. The molecule has 0 aliphatic heterocycles. The molecular formula is C30H25ClN2. The Balaban J connectivity index is 1.78. The lowest BCUT2D eigenvalue weighted by Crippen LogP contribution is -2.16. The molecule has 5 rings (SSSR count). The van der Waals surface area contributed by atoms with E-state index < -0.39 is 0 Å². The number of imidazole rings is 1. The van der Waals surface area contributed by atoms with Crippen LogP contribution in [-0.4, -0.2) is 15.4 Å². The van der Waals surface area contributed by atoms with Gasteiger partial charge in [0.05, 0.1) is 17.4 Å². The first-order valence-corrected chi connectivity index (χ1v) is 11.8. The normalized spacial score (nSPS) is 11.9. The number of benzene rings is 4. The van der Waals surface area contributed by atoms with Crippen molar-refractivity contribution in [2.75, 3.05) is 5.88 Å². The molecule has 0 fully saturated rings. The van der Waals surface area contributed by atoms with Gasteiger partial charge in [-0.2, -0.15) is 0 Å². The van der Waals surface area contributed by atoms with E-state index in [4.69, 9.17) is 16.6 Å². The molecule has 0 amide bonds. The zero-order chi connectivity index (χ0) is 22.5. The lowest BCUT2D eigenvalue weighted by Gasteiger charge is -2.22. The lowest BCUT2D eigenvalue weighted by molar-refractivity contribution is 0.561. The van der Waals surface area contributed by atoms with Gasteiger partial charge in [0, 0.05) is 22.6 Å². The van der Waals surface area contributed by atoms with Gasteiger partial charge in [0.25, 0.3) is 0 Å². The molecule has 0 saturated heterocycles. The van der Waals surface area contributed by atoms with Crippen molar-refractivity contribution in [1.29, 1.82) is 0 Å². The molecule has 33 heavy (non-hydrogen) atoms. The maximum Gasteiger partial charge on any atom is 0.141 e. The fourth-order valence-electron chi connectivity index (χ4n) is 4.35. The summed E-state index contributed by atoms with van der Waals surface area (Å²) in [5.41, 5.74) is 6.65. The van der Waals surface area contributed by atoms with Gasteiger partial charge in [0.1, 0.15) is 5.82 Å². The Kier molecular flexibility index (Phi) is 6.37. The molecule has 1 atom stereocenters. The van der Waals surface area contributed by atoms with Crippen molar-refractivity contribution >= 4 is 11.6 Å². The number of hydrogen-bond acceptors (Lipinski definition) is 1. The quantitative estimate of drug-likeness (QED) is 0.231. The first-order chi connectivity index (χ1) is 16.3. The molecule has 1 aromatic heterocycles. The van der Waals surface area contributed by atoms with Crippen LogP contribution in [0.3, 0.4) is 0 Å². The Morgan fingerprint density at radius 2 is 1.09 bits per heavy atom. The average Bonchev–Trinajstić information content (AvgIpc) is 3.30. The van der Waals surface area contributed by atoms with Crippen molar-refractivity contribution in [3.05, 3.63) is 127 Å². The zero-order valence-corrected chi connectivity index (χ0v) is 19.1. The van der Waals surface area contributed by atoms with Crippen LogP contribution < -0.4 is 0 Å². The highest BCUT2D eigenvalue weighted by Crippen LogP contribution is 2.39. The smallest absolute Gasteiger partial charge is 0.141 e. The number of hydrogen-bond donors (Lipinski definition) is 0. The molecule has 0 spiro atoms. The fourth-order valence-corrected chi connectivity index (χ4v) is 4.60. The molecule has 4 aromatic carbocycles. The summed E-state index contributed by atoms with van der Waals surface area (Å²) >= 11 is 6.68. The highest BCUT2D eigenvalue weighted by Gasteiger charge is 2.26. The molecule has 1 heterocycles. The van der Waals surface area contributed by atoms with Crippen molar-refractivity contribution in [2.45, 2.75) is 12.5 Å². The van der Waals surface area contributed by atoms with E-state index in [-0.39, 0.29) is 6.04 Å². The van der Waals surface area contributed by atoms with Crippen LogP contribution in [0.1, 0.15) is 11.6 Å². The van der Waals surface area contributed by atoms with Crippen molar-refractivity contribution in [1.82, 2.24) is 9.55 Å². The van der Waals surface area contributed by atoms with E-state index in [2.05, 4.69) is 108 Å². The molecule has 162 valence electrons. The third-order valence-electron chi connectivity index (χ3n) is 5.89. The van der Waals surface area contributed by atoms with Crippen LogP contribution in [0.2, 0.25) is 0 Å². The highest BCUT2D eigenvalue weighted by molar-refractivity contribution is 6.18. The maximum absolute atomic E-state index is 6.68.